The molecule has 2 aromatic rings. The Bertz CT molecular complexity index is 769. The van der Waals surface area contributed by atoms with Crippen molar-refractivity contribution in [3.63, 3.8) is 0 Å². The molecule has 21 heavy (non-hydrogen) atoms. The van der Waals surface area contributed by atoms with Gasteiger partial charge in [-0.3, -0.25) is 5.43 Å². The normalized spacial score (nSPS) is 12.2. The van der Waals surface area contributed by atoms with Crippen molar-refractivity contribution < 1.29 is 8.42 Å². The summed E-state index contributed by atoms with van der Waals surface area (Å²) in [6, 6.07) is 13.8. The van der Waals surface area contributed by atoms with Gasteiger partial charge in [0.25, 0.3) is 0 Å². The summed E-state index contributed by atoms with van der Waals surface area (Å²) < 4.78 is 22.8. The molecule has 0 spiro atoms. The molecule has 0 amide bonds. The fraction of sp³-hybridized carbons (Fsp3) is 0.133. The number of benzene rings is 2. The van der Waals surface area contributed by atoms with Gasteiger partial charge in [-0.1, -0.05) is 29.8 Å². The van der Waals surface area contributed by atoms with Crippen LogP contribution in [0.3, 0.4) is 0 Å². The van der Waals surface area contributed by atoms with Gasteiger partial charge in [-0.25, -0.2) is 8.42 Å². The monoisotopic (exact) mass is 322 g/mol. The first-order valence-electron chi connectivity index (χ1n) is 6.22. The van der Waals surface area contributed by atoms with Gasteiger partial charge < -0.3 is 0 Å². The SMILES string of the molecule is C/C(=N/Nc1cccc(Cl)c1)c1ccc(S(C)(=O)=O)cc1. The van der Waals surface area contributed by atoms with E-state index in [0.717, 1.165) is 17.0 Å². The number of nitrogens with zero attached hydrogens (tertiary/aromatic N) is 1. The van der Waals surface area contributed by atoms with E-state index in [-0.39, 0.29) is 0 Å². The van der Waals surface area contributed by atoms with E-state index in [4.69, 9.17) is 11.6 Å². The number of nitrogens with one attached hydrogen (secondary N) is 1. The second-order valence-corrected chi connectivity index (χ2v) is 7.07. The number of sulfone groups is 1. The van der Waals surface area contributed by atoms with E-state index in [0.29, 0.717) is 9.92 Å². The summed E-state index contributed by atoms with van der Waals surface area (Å²) in [7, 11) is -3.18. The molecule has 0 heterocycles. The minimum absolute atomic E-state index is 0.293. The summed E-state index contributed by atoms with van der Waals surface area (Å²) >= 11 is 5.89. The average molecular weight is 323 g/mol. The largest absolute Gasteiger partial charge is 0.278 e. The van der Waals surface area contributed by atoms with E-state index in [1.807, 2.05) is 19.1 Å². The molecule has 4 nitrogen and oxygen atoms in total. The molecule has 0 fully saturated rings. The lowest BCUT2D eigenvalue weighted by atomic mass is 10.1. The van der Waals surface area contributed by atoms with E-state index in [1.54, 1.807) is 36.4 Å². The quantitative estimate of drug-likeness (QED) is 0.691. The van der Waals surface area contributed by atoms with E-state index < -0.39 is 9.84 Å². The highest BCUT2D eigenvalue weighted by molar-refractivity contribution is 7.90. The van der Waals surface area contributed by atoms with Gasteiger partial charge in [0.05, 0.1) is 16.3 Å². The van der Waals surface area contributed by atoms with Gasteiger partial charge in [0.1, 0.15) is 0 Å². The Morgan fingerprint density at radius 1 is 1.14 bits per heavy atom. The van der Waals surface area contributed by atoms with E-state index in [9.17, 15) is 8.42 Å². The van der Waals surface area contributed by atoms with Gasteiger partial charge in [-0.15, -0.1) is 0 Å². The standard InChI is InChI=1S/C15H15ClN2O2S/c1-11(17-18-14-5-3-4-13(16)10-14)12-6-8-15(9-7-12)21(2,19)20/h3-10,18H,1-2H3/b17-11-. The molecule has 0 aliphatic carbocycles. The van der Waals surface area contributed by atoms with Crippen LogP contribution >= 0.6 is 11.6 Å². The molecule has 0 unspecified atom stereocenters. The van der Waals surface area contributed by atoms with Crippen LogP contribution in [0.4, 0.5) is 5.69 Å². The van der Waals surface area contributed by atoms with Gasteiger partial charge in [-0.05, 0) is 42.8 Å². The highest BCUT2D eigenvalue weighted by Crippen LogP contribution is 2.15. The Morgan fingerprint density at radius 3 is 2.38 bits per heavy atom. The first-order chi connectivity index (χ1) is 9.86. The maximum absolute atomic E-state index is 11.4. The Hall–Kier alpha value is -1.85. The molecule has 110 valence electrons. The zero-order chi connectivity index (χ0) is 15.5. The zero-order valence-electron chi connectivity index (χ0n) is 11.7. The predicted molar refractivity (Wildman–Crippen MR) is 86.8 cm³/mol. The van der Waals surface area contributed by atoms with E-state index >= 15 is 0 Å². The van der Waals surface area contributed by atoms with Crippen molar-refractivity contribution >= 4 is 32.8 Å². The number of hydrogen-bond donors (Lipinski definition) is 1. The van der Waals surface area contributed by atoms with Crippen molar-refractivity contribution in [2.45, 2.75) is 11.8 Å². The minimum atomic E-state index is -3.18. The van der Waals surface area contributed by atoms with Crippen molar-refractivity contribution in [3.8, 4) is 0 Å². The summed E-state index contributed by atoms with van der Waals surface area (Å²) in [5, 5.41) is 4.89. The lowest BCUT2D eigenvalue weighted by Gasteiger charge is -2.05. The van der Waals surface area contributed by atoms with Crippen molar-refractivity contribution in [2.24, 2.45) is 5.10 Å². The second kappa shape index (κ2) is 6.28. The molecular weight excluding hydrogens is 308 g/mol. The molecular formula is C15H15ClN2O2S. The zero-order valence-corrected chi connectivity index (χ0v) is 13.2. The third-order valence-corrected chi connectivity index (χ3v) is 4.24. The van der Waals surface area contributed by atoms with Gasteiger partial charge in [0, 0.05) is 11.3 Å². The van der Waals surface area contributed by atoms with Crippen LogP contribution in [0.1, 0.15) is 12.5 Å². The Labute approximate surface area is 129 Å². The third kappa shape index (κ3) is 4.31. The Kier molecular flexibility index (Phi) is 4.65. The van der Waals surface area contributed by atoms with Crippen LogP contribution in [0.15, 0.2) is 58.5 Å². The fourth-order valence-electron chi connectivity index (χ4n) is 1.71. The van der Waals surface area contributed by atoms with Gasteiger partial charge in [0.2, 0.25) is 0 Å². The van der Waals surface area contributed by atoms with E-state index in [2.05, 4.69) is 10.5 Å². The fourth-order valence-corrected chi connectivity index (χ4v) is 2.54. The van der Waals surface area contributed by atoms with Crippen molar-refractivity contribution in [2.75, 3.05) is 11.7 Å². The summed E-state index contributed by atoms with van der Waals surface area (Å²) in [5.41, 5.74) is 5.29. The van der Waals surface area contributed by atoms with Crippen LogP contribution in [-0.4, -0.2) is 20.4 Å². The molecule has 6 heteroatoms. The average Bonchev–Trinajstić information content (AvgIpc) is 2.44. The van der Waals surface area contributed by atoms with Crippen LogP contribution in [0.2, 0.25) is 5.02 Å². The molecule has 1 N–H and O–H groups in total. The molecule has 0 aliphatic rings. The van der Waals surface area contributed by atoms with Crippen LogP contribution in [-0.2, 0) is 9.84 Å². The summed E-state index contributed by atoms with van der Waals surface area (Å²) in [5.74, 6) is 0. The van der Waals surface area contributed by atoms with Gasteiger partial charge in [-0.2, -0.15) is 5.10 Å². The Morgan fingerprint density at radius 2 is 1.81 bits per heavy atom. The second-order valence-electron chi connectivity index (χ2n) is 4.62. The summed E-state index contributed by atoms with van der Waals surface area (Å²) in [6.07, 6.45) is 1.18. The molecule has 0 atom stereocenters. The number of anilines is 1. The first-order valence-corrected chi connectivity index (χ1v) is 8.49. The number of halogens is 1. The molecule has 0 bridgehead atoms. The molecule has 0 saturated heterocycles. The maximum atomic E-state index is 11.4. The smallest absolute Gasteiger partial charge is 0.175 e. The number of hydrazone groups is 1. The van der Waals surface area contributed by atoms with Crippen LogP contribution in [0, 0.1) is 0 Å². The highest BCUT2D eigenvalue weighted by atomic mass is 35.5. The number of rotatable bonds is 4. The Balaban J connectivity index is 2.16. The van der Waals surface area contributed by atoms with E-state index in [1.165, 1.54) is 6.26 Å². The molecule has 0 aliphatic heterocycles. The van der Waals surface area contributed by atoms with Crippen LogP contribution < -0.4 is 5.43 Å². The molecule has 0 aromatic heterocycles. The topological polar surface area (TPSA) is 58.5 Å². The third-order valence-electron chi connectivity index (χ3n) is 2.88. The summed E-state index contributed by atoms with van der Waals surface area (Å²) in [4.78, 5) is 0.293. The molecule has 0 radical (unpaired) electrons. The van der Waals surface area contributed by atoms with Crippen LogP contribution in [0.25, 0.3) is 0 Å². The van der Waals surface area contributed by atoms with Crippen molar-refractivity contribution in [1.29, 1.82) is 0 Å². The minimum Gasteiger partial charge on any atom is -0.278 e. The molecule has 2 aromatic carbocycles. The van der Waals surface area contributed by atoms with Gasteiger partial charge in [0.15, 0.2) is 9.84 Å². The predicted octanol–water partition coefficient (Wildman–Crippen LogP) is 3.58. The summed E-state index contributed by atoms with van der Waals surface area (Å²) in [6.45, 7) is 1.84. The maximum Gasteiger partial charge on any atom is 0.175 e. The molecule has 2 rings (SSSR count). The molecule has 0 saturated carbocycles. The highest BCUT2D eigenvalue weighted by Gasteiger charge is 2.06. The van der Waals surface area contributed by atoms with Crippen molar-refractivity contribution in [1.82, 2.24) is 0 Å². The lowest BCUT2D eigenvalue weighted by Crippen LogP contribution is -2.01. The lowest BCUT2D eigenvalue weighted by molar-refractivity contribution is 0.602. The van der Waals surface area contributed by atoms with Gasteiger partial charge >= 0.3 is 0 Å². The van der Waals surface area contributed by atoms with Crippen LogP contribution in [0.5, 0.6) is 0 Å². The van der Waals surface area contributed by atoms with Crippen molar-refractivity contribution in [3.05, 3.63) is 59.1 Å². The first kappa shape index (κ1) is 15.5. The number of hydrogen-bond acceptors (Lipinski definition) is 4.